The molecule has 1 aromatic carbocycles. The van der Waals surface area contributed by atoms with E-state index in [0.29, 0.717) is 10.6 Å². The molecule has 0 fully saturated rings. The number of hydrogen-bond donors (Lipinski definition) is 1. The lowest BCUT2D eigenvalue weighted by atomic mass is 10.1. The Kier molecular flexibility index (Phi) is 4.85. The maximum atomic E-state index is 11.7. The van der Waals surface area contributed by atoms with Crippen molar-refractivity contribution in [2.24, 2.45) is 0 Å². The first-order chi connectivity index (χ1) is 9.92. The molecule has 112 valence electrons. The molecule has 0 saturated carbocycles. The van der Waals surface area contributed by atoms with Crippen LogP contribution in [-0.4, -0.2) is 18.1 Å². The summed E-state index contributed by atoms with van der Waals surface area (Å²) in [5, 5.41) is 4.76. The predicted molar refractivity (Wildman–Crippen MR) is 86.4 cm³/mol. The normalized spacial score (nSPS) is 12.0. The minimum Gasteiger partial charge on any atom is -0.465 e. The SMILES string of the molecule is COC(=O)c1cc(NC(C)c2nc(C)sc2C)ccc1Cl. The van der Waals surface area contributed by atoms with Crippen LogP contribution in [0.25, 0.3) is 0 Å². The highest BCUT2D eigenvalue weighted by Crippen LogP contribution is 2.27. The molecular formula is C15H17ClN2O2S. The van der Waals surface area contributed by atoms with Crippen LogP contribution in [0.5, 0.6) is 0 Å². The van der Waals surface area contributed by atoms with E-state index in [1.54, 1.807) is 23.5 Å². The summed E-state index contributed by atoms with van der Waals surface area (Å²) in [6.07, 6.45) is 0. The van der Waals surface area contributed by atoms with Crippen molar-refractivity contribution in [3.05, 3.63) is 44.4 Å². The van der Waals surface area contributed by atoms with Gasteiger partial charge in [0.05, 0.1) is 34.4 Å². The van der Waals surface area contributed by atoms with Gasteiger partial charge in [-0.2, -0.15) is 0 Å². The topological polar surface area (TPSA) is 51.2 Å². The molecule has 1 unspecified atom stereocenters. The second-order valence-corrected chi connectivity index (χ2v) is 6.54. The molecule has 4 nitrogen and oxygen atoms in total. The molecule has 0 aliphatic heterocycles. The zero-order chi connectivity index (χ0) is 15.6. The molecule has 0 aliphatic carbocycles. The Balaban J connectivity index is 2.23. The zero-order valence-electron chi connectivity index (χ0n) is 12.4. The van der Waals surface area contributed by atoms with E-state index in [0.717, 1.165) is 16.4 Å². The molecule has 0 spiro atoms. The second kappa shape index (κ2) is 6.45. The number of nitrogens with one attached hydrogen (secondary N) is 1. The van der Waals surface area contributed by atoms with Crippen molar-refractivity contribution in [2.45, 2.75) is 26.8 Å². The van der Waals surface area contributed by atoms with Crippen LogP contribution in [0.2, 0.25) is 5.02 Å². The highest BCUT2D eigenvalue weighted by molar-refractivity contribution is 7.11. The number of carbonyl (C=O) groups is 1. The number of aryl methyl sites for hydroxylation is 2. The number of ether oxygens (including phenoxy) is 1. The van der Waals surface area contributed by atoms with Gasteiger partial charge >= 0.3 is 5.97 Å². The summed E-state index contributed by atoms with van der Waals surface area (Å²) in [7, 11) is 1.34. The van der Waals surface area contributed by atoms with Gasteiger partial charge in [-0.25, -0.2) is 9.78 Å². The third-order valence-corrected chi connectivity index (χ3v) is 4.34. The quantitative estimate of drug-likeness (QED) is 0.848. The maximum absolute atomic E-state index is 11.7. The minimum absolute atomic E-state index is 0.0432. The molecule has 0 bridgehead atoms. The van der Waals surface area contributed by atoms with Gasteiger partial charge in [-0.15, -0.1) is 11.3 Å². The van der Waals surface area contributed by atoms with E-state index < -0.39 is 5.97 Å². The van der Waals surface area contributed by atoms with Gasteiger partial charge in [-0.3, -0.25) is 0 Å². The molecule has 2 rings (SSSR count). The van der Waals surface area contributed by atoms with Crippen molar-refractivity contribution in [3.63, 3.8) is 0 Å². The van der Waals surface area contributed by atoms with Crippen LogP contribution < -0.4 is 5.32 Å². The van der Waals surface area contributed by atoms with E-state index >= 15 is 0 Å². The summed E-state index contributed by atoms with van der Waals surface area (Å²) in [4.78, 5) is 17.4. The number of benzene rings is 1. The predicted octanol–water partition coefficient (Wildman–Crippen LogP) is 4.37. The van der Waals surface area contributed by atoms with Crippen LogP contribution >= 0.6 is 22.9 Å². The molecule has 2 aromatic rings. The molecule has 6 heteroatoms. The molecule has 0 amide bonds. The number of halogens is 1. The molecule has 1 atom stereocenters. The number of thiazole rings is 1. The van der Waals surface area contributed by atoms with Gasteiger partial charge < -0.3 is 10.1 Å². The Bertz CT molecular complexity index is 670. The van der Waals surface area contributed by atoms with Crippen LogP contribution in [0.3, 0.4) is 0 Å². The first kappa shape index (κ1) is 15.8. The van der Waals surface area contributed by atoms with Gasteiger partial charge in [0.1, 0.15) is 0 Å². The third kappa shape index (κ3) is 3.54. The number of aromatic nitrogens is 1. The van der Waals surface area contributed by atoms with Crippen molar-refractivity contribution >= 4 is 34.6 Å². The van der Waals surface area contributed by atoms with Crippen molar-refractivity contribution in [3.8, 4) is 0 Å². The number of hydrogen-bond acceptors (Lipinski definition) is 5. The van der Waals surface area contributed by atoms with Crippen molar-refractivity contribution in [2.75, 3.05) is 12.4 Å². The van der Waals surface area contributed by atoms with Crippen molar-refractivity contribution in [1.29, 1.82) is 0 Å². The fourth-order valence-corrected chi connectivity index (χ4v) is 3.26. The van der Waals surface area contributed by atoms with Gasteiger partial charge in [-0.1, -0.05) is 11.6 Å². The summed E-state index contributed by atoms with van der Waals surface area (Å²) in [6.45, 7) is 6.08. The lowest BCUT2D eigenvalue weighted by molar-refractivity contribution is 0.0601. The fourth-order valence-electron chi connectivity index (χ4n) is 2.15. The van der Waals surface area contributed by atoms with E-state index in [1.165, 1.54) is 12.0 Å². The summed E-state index contributed by atoms with van der Waals surface area (Å²) < 4.78 is 4.72. The molecule has 0 saturated heterocycles. The van der Waals surface area contributed by atoms with Gasteiger partial charge in [0.15, 0.2) is 0 Å². The number of rotatable bonds is 4. The van der Waals surface area contributed by atoms with Crippen molar-refractivity contribution in [1.82, 2.24) is 4.98 Å². The van der Waals surface area contributed by atoms with Crippen LogP contribution in [0.1, 0.15) is 38.9 Å². The first-order valence-electron chi connectivity index (χ1n) is 6.50. The highest BCUT2D eigenvalue weighted by atomic mass is 35.5. The summed E-state index contributed by atoms with van der Waals surface area (Å²) >= 11 is 7.69. The largest absolute Gasteiger partial charge is 0.465 e. The smallest absolute Gasteiger partial charge is 0.339 e. The first-order valence-corrected chi connectivity index (χ1v) is 7.70. The minimum atomic E-state index is -0.447. The third-order valence-electron chi connectivity index (χ3n) is 3.10. The van der Waals surface area contributed by atoms with E-state index in [2.05, 4.69) is 17.2 Å². The lowest BCUT2D eigenvalue weighted by Gasteiger charge is -2.15. The Morgan fingerprint density at radius 3 is 2.71 bits per heavy atom. The van der Waals surface area contributed by atoms with Gasteiger partial charge in [0.2, 0.25) is 0 Å². The molecule has 1 aromatic heterocycles. The van der Waals surface area contributed by atoms with Gasteiger partial charge in [0, 0.05) is 10.6 Å². The molecule has 0 aliphatic rings. The monoisotopic (exact) mass is 324 g/mol. The van der Waals surface area contributed by atoms with Crippen LogP contribution in [-0.2, 0) is 4.74 Å². The van der Waals surface area contributed by atoms with Crippen LogP contribution in [0.15, 0.2) is 18.2 Å². The number of esters is 1. The average Bonchev–Trinajstić information content (AvgIpc) is 2.79. The van der Waals surface area contributed by atoms with E-state index in [4.69, 9.17) is 16.3 Å². The van der Waals surface area contributed by atoms with E-state index in [-0.39, 0.29) is 6.04 Å². The Morgan fingerprint density at radius 1 is 1.43 bits per heavy atom. The maximum Gasteiger partial charge on any atom is 0.339 e. The molecular weight excluding hydrogens is 308 g/mol. The van der Waals surface area contributed by atoms with Gasteiger partial charge in [0.25, 0.3) is 0 Å². The number of nitrogens with zero attached hydrogens (tertiary/aromatic N) is 1. The summed E-state index contributed by atoms with van der Waals surface area (Å²) in [5.74, 6) is -0.447. The second-order valence-electron chi connectivity index (χ2n) is 4.73. The average molecular weight is 325 g/mol. The fraction of sp³-hybridized carbons (Fsp3) is 0.333. The standard InChI is InChI=1S/C15H17ClN2O2S/c1-8(14-9(2)21-10(3)18-14)17-11-5-6-13(16)12(7-11)15(19)20-4/h5-8,17H,1-4H3. The van der Waals surface area contributed by atoms with Crippen LogP contribution in [0, 0.1) is 13.8 Å². The van der Waals surface area contributed by atoms with E-state index in [1.807, 2.05) is 19.9 Å². The lowest BCUT2D eigenvalue weighted by Crippen LogP contribution is -2.10. The molecule has 0 radical (unpaired) electrons. The Morgan fingerprint density at radius 2 is 2.14 bits per heavy atom. The molecule has 1 N–H and O–H groups in total. The molecule has 21 heavy (non-hydrogen) atoms. The van der Waals surface area contributed by atoms with Crippen LogP contribution in [0.4, 0.5) is 5.69 Å². The summed E-state index contributed by atoms with van der Waals surface area (Å²) in [6, 6.07) is 5.25. The Labute approximate surface area is 133 Å². The number of carbonyl (C=O) groups excluding carboxylic acids is 1. The van der Waals surface area contributed by atoms with E-state index in [9.17, 15) is 4.79 Å². The van der Waals surface area contributed by atoms with Crippen molar-refractivity contribution < 1.29 is 9.53 Å². The highest BCUT2D eigenvalue weighted by Gasteiger charge is 2.15. The summed E-state index contributed by atoms with van der Waals surface area (Å²) in [5.41, 5.74) is 2.17. The molecule has 1 heterocycles. The number of anilines is 1. The number of methoxy groups -OCH3 is 1. The Hall–Kier alpha value is -1.59. The zero-order valence-corrected chi connectivity index (χ0v) is 13.9. The van der Waals surface area contributed by atoms with Gasteiger partial charge in [-0.05, 0) is 39.0 Å².